The largest absolute Gasteiger partial charge is 0.508 e. The van der Waals surface area contributed by atoms with Gasteiger partial charge >= 0.3 is 0 Å². The molecule has 0 unspecified atom stereocenters. The molecule has 0 spiro atoms. The van der Waals surface area contributed by atoms with E-state index >= 15 is 0 Å². The number of amides is 1. The van der Waals surface area contributed by atoms with Gasteiger partial charge < -0.3 is 20.2 Å². The van der Waals surface area contributed by atoms with Gasteiger partial charge in [-0.1, -0.05) is 66.7 Å². The molecule has 5 rings (SSSR count). The Morgan fingerprint density at radius 2 is 1.53 bits per heavy atom. The normalized spacial score (nSPS) is 18.1. The van der Waals surface area contributed by atoms with Crippen molar-refractivity contribution in [2.45, 2.75) is 25.0 Å². The molecule has 3 atom stereocenters. The second-order valence-electron chi connectivity index (χ2n) is 9.00. The monoisotopic (exact) mass is 483 g/mol. The first-order valence-electron chi connectivity index (χ1n) is 11.9. The van der Waals surface area contributed by atoms with Crippen LogP contribution in [0.3, 0.4) is 0 Å². The number of hydrogen-bond acceptors (Lipinski definition) is 4. The Balaban J connectivity index is 1.45. The number of halogens is 1. The average Bonchev–Trinajstić information content (AvgIpc) is 2.88. The number of anilines is 1. The molecule has 1 amide bonds. The molecule has 0 bridgehead atoms. The summed E-state index contributed by atoms with van der Waals surface area (Å²) in [5.74, 6) is -0.974. The van der Waals surface area contributed by atoms with Crippen LogP contribution in [-0.4, -0.2) is 21.2 Å². The fraction of sp³-hybridized carbons (Fsp3) is 0.167. The predicted octanol–water partition coefficient (Wildman–Crippen LogP) is 6.12. The van der Waals surface area contributed by atoms with Gasteiger partial charge in [-0.2, -0.15) is 0 Å². The summed E-state index contributed by atoms with van der Waals surface area (Å²) in [5.41, 5.74) is 2.73. The van der Waals surface area contributed by atoms with Crippen LogP contribution in [0.15, 0.2) is 97.1 Å². The molecular formula is C30H26FNO4. The number of carbonyl (C=O) groups excluding carboxylic acids is 1. The van der Waals surface area contributed by atoms with Crippen molar-refractivity contribution >= 4 is 11.6 Å². The highest BCUT2D eigenvalue weighted by atomic mass is 19.1. The highest BCUT2D eigenvalue weighted by Gasteiger charge is 2.49. The zero-order valence-electron chi connectivity index (χ0n) is 19.5. The van der Waals surface area contributed by atoms with Crippen LogP contribution in [0.2, 0.25) is 0 Å². The number of β-lactam (4-membered cyclic amide) rings is 1. The summed E-state index contributed by atoms with van der Waals surface area (Å²) in [6.45, 7) is 0. The third-order valence-corrected chi connectivity index (χ3v) is 6.83. The molecule has 0 aliphatic carbocycles. The number of para-hydroxylation sites is 2. The number of phenols is 2. The number of benzene rings is 4. The van der Waals surface area contributed by atoms with E-state index in [0.29, 0.717) is 28.8 Å². The topological polar surface area (TPSA) is 81.0 Å². The lowest BCUT2D eigenvalue weighted by molar-refractivity contribution is -0.131. The van der Waals surface area contributed by atoms with Crippen LogP contribution in [0.25, 0.3) is 11.1 Å². The Morgan fingerprint density at radius 1 is 0.833 bits per heavy atom. The molecule has 4 aromatic carbocycles. The number of rotatable bonds is 7. The lowest BCUT2D eigenvalue weighted by Crippen LogP contribution is -2.55. The molecule has 1 saturated heterocycles. The van der Waals surface area contributed by atoms with E-state index in [1.54, 1.807) is 65.6 Å². The Hall–Kier alpha value is -4.16. The minimum absolute atomic E-state index is 0.00818. The summed E-state index contributed by atoms with van der Waals surface area (Å²) >= 11 is 0. The lowest BCUT2D eigenvalue weighted by atomic mass is 9.77. The van der Waals surface area contributed by atoms with E-state index in [2.05, 4.69) is 0 Å². The van der Waals surface area contributed by atoms with Crippen LogP contribution in [0.1, 0.15) is 36.1 Å². The van der Waals surface area contributed by atoms with E-state index in [-0.39, 0.29) is 29.4 Å². The summed E-state index contributed by atoms with van der Waals surface area (Å²) in [5, 5.41) is 31.8. The molecule has 4 aromatic rings. The minimum atomic E-state index is -1.04. The highest BCUT2D eigenvalue weighted by molar-refractivity contribution is 6.03. The van der Waals surface area contributed by atoms with Gasteiger partial charge in [-0.05, 0) is 48.7 Å². The average molecular weight is 484 g/mol. The maximum absolute atomic E-state index is 14.1. The van der Waals surface area contributed by atoms with Gasteiger partial charge in [0.05, 0.1) is 18.1 Å². The molecule has 1 aliphatic heterocycles. The lowest BCUT2D eigenvalue weighted by Gasteiger charge is -2.48. The van der Waals surface area contributed by atoms with Gasteiger partial charge in [-0.25, -0.2) is 4.39 Å². The number of hydrogen-bond donors (Lipinski definition) is 3. The van der Waals surface area contributed by atoms with Crippen LogP contribution in [0.5, 0.6) is 11.5 Å². The van der Waals surface area contributed by atoms with E-state index in [4.69, 9.17) is 0 Å². The minimum Gasteiger partial charge on any atom is -0.508 e. The molecule has 1 heterocycles. The van der Waals surface area contributed by atoms with Crippen LogP contribution in [-0.2, 0) is 4.79 Å². The molecule has 0 aromatic heterocycles. The van der Waals surface area contributed by atoms with Crippen molar-refractivity contribution < 1.29 is 24.5 Å². The SMILES string of the molecule is O=C1[C@H](CC[C@H](O)c2ccccc2F)[C@@H](c2ccc(-c3ccccc3O)cc2O)N1c1ccccc1. The molecule has 0 radical (unpaired) electrons. The van der Waals surface area contributed by atoms with Crippen molar-refractivity contribution in [2.75, 3.05) is 4.90 Å². The Kier molecular flexibility index (Phi) is 6.44. The second-order valence-corrected chi connectivity index (χ2v) is 9.00. The fourth-order valence-corrected chi connectivity index (χ4v) is 4.98. The van der Waals surface area contributed by atoms with Gasteiger partial charge in [-0.3, -0.25) is 4.79 Å². The zero-order valence-corrected chi connectivity index (χ0v) is 19.5. The van der Waals surface area contributed by atoms with E-state index in [9.17, 15) is 24.5 Å². The molecule has 1 aliphatic rings. The van der Waals surface area contributed by atoms with Gasteiger partial charge in [0, 0.05) is 22.4 Å². The van der Waals surface area contributed by atoms with Gasteiger partial charge in [0.25, 0.3) is 0 Å². The third kappa shape index (κ3) is 4.32. The number of nitrogens with zero attached hydrogens (tertiary/aromatic N) is 1. The Morgan fingerprint density at radius 3 is 2.25 bits per heavy atom. The first kappa shape index (κ1) is 23.6. The van der Waals surface area contributed by atoms with Crippen molar-refractivity contribution in [2.24, 2.45) is 5.92 Å². The van der Waals surface area contributed by atoms with Gasteiger partial charge in [0.1, 0.15) is 17.3 Å². The number of carbonyl (C=O) groups is 1. The van der Waals surface area contributed by atoms with E-state index in [1.807, 2.05) is 30.3 Å². The standard InChI is InChI=1S/C30H26FNO4/c31-25-12-6-4-11-22(25)27(34)17-16-24-29(32(30(24)36)20-8-2-1-3-9-20)23-15-14-19(18-28(23)35)21-10-5-7-13-26(21)33/h1-15,18,24,27,29,33-35H,16-17H2/t24-,27+,29-/m1/s1. The van der Waals surface area contributed by atoms with Crippen LogP contribution in [0, 0.1) is 11.7 Å². The van der Waals surface area contributed by atoms with Crippen molar-refractivity contribution in [1.82, 2.24) is 0 Å². The van der Waals surface area contributed by atoms with Crippen LogP contribution >= 0.6 is 0 Å². The number of phenolic OH excluding ortho intramolecular Hbond substituents is 2. The second kappa shape index (κ2) is 9.84. The zero-order chi connectivity index (χ0) is 25.2. The maximum atomic E-state index is 14.1. The van der Waals surface area contributed by atoms with Gasteiger partial charge in [-0.15, -0.1) is 0 Å². The molecule has 182 valence electrons. The predicted molar refractivity (Wildman–Crippen MR) is 136 cm³/mol. The molecule has 36 heavy (non-hydrogen) atoms. The highest BCUT2D eigenvalue weighted by Crippen LogP contribution is 2.49. The maximum Gasteiger partial charge on any atom is 0.233 e. The molecule has 0 saturated carbocycles. The van der Waals surface area contributed by atoms with Crippen molar-refractivity contribution in [3.63, 3.8) is 0 Å². The van der Waals surface area contributed by atoms with Crippen molar-refractivity contribution in [3.8, 4) is 22.6 Å². The van der Waals surface area contributed by atoms with Crippen molar-refractivity contribution in [1.29, 1.82) is 0 Å². The van der Waals surface area contributed by atoms with E-state index in [0.717, 1.165) is 0 Å². The van der Waals surface area contributed by atoms with Gasteiger partial charge in [0.15, 0.2) is 0 Å². The number of aliphatic hydroxyl groups is 1. The number of aliphatic hydroxyl groups excluding tert-OH is 1. The van der Waals surface area contributed by atoms with E-state index < -0.39 is 23.9 Å². The van der Waals surface area contributed by atoms with Gasteiger partial charge in [0.2, 0.25) is 5.91 Å². The summed E-state index contributed by atoms with van der Waals surface area (Å²) in [6.07, 6.45) is -0.515. The molecule has 3 N–H and O–H groups in total. The Bertz CT molecular complexity index is 1390. The fourth-order valence-electron chi connectivity index (χ4n) is 4.98. The molecule has 6 heteroatoms. The van der Waals surface area contributed by atoms with Crippen LogP contribution in [0.4, 0.5) is 10.1 Å². The summed E-state index contributed by atoms with van der Waals surface area (Å²) < 4.78 is 14.1. The quantitative estimate of drug-likeness (QED) is 0.277. The molecule has 5 nitrogen and oxygen atoms in total. The first-order valence-corrected chi connectivity index (χ1v) is 11.9. The summed E-state index contributed by atoms with van der Waals surface area (Å²) in [4.78, 5) is 14.9. The van der Waals surface area contributed by atoms with Crippen LogP contribution < -0.4 is 4.90 Å². The van der Waals surface area contributed by atoms with Crippen molar-refractivity contribution in [3.05, 3.63) is 114 Å². The van der Waals surface area contributed by atoms with E-state index in [1.165, 1.54) is 6.07 Å². The number of aromatic hydroxyl groups is 2. The Labute approximate surface area is 208 Å². The molecule has 1 fully saturated rings. The third-order valence-electron chi connectivity index (χ3n) is 6.83. The summed E-state index contributed by atoms with van der Waals surface area (Å²) in [7, 11) is 0. The smallest absolute Gasteiger partial charge is 0.233 e. The first-order chi connectivity index (χ1) is 17.5. The summed E-state index contributed by atoms with van der Waals surface area (Å²) in [6, 6.07) is 26.9. The molecular weight excluding hydrogens is 457 g/mol.